The van der Waals surface area contributed by atoms with Gasteiger partial charge in [-0.05, 0) is 13.8 Å². The molecule has 6 nitrogen and oxygen atoms in total. The molecule has 0 aromatic heterocycles. The Balaban J connectivity index is 2.56. The number of amides is 1. The largest absolute Gasteiger partial charge is 0.481 e. The Morgan fingerprint density at radius 1 is 1.17 bits per heavy atom. The van der Waals surface area contributed by atoms with Gasteiger partial charge in [0.2, 0.25) is 5.91 Å². The number of aliphatic carboxylic acids is 1. The van der Waals surface area contributed by atoms with E-state index in [0.717, 1.165) is 5.56 Å². The van der Waals surface area contributed by atoms with Crippen molar-refractivity contribution < 1.29 is 24.2 Å². The Hall–Kier alpha value is -2.21. The van der Waals surface area contributed by atoms with Crippen molar-refractivity contribution in [2.75, 3.05) is 13.7 Å². The number of carbonyl (C=O) groups excluding carboxylic acids is 2. The molecule has 1 aromatic carbocycles. The fourth-order valence-electron chi connectivity index (χ4n) is 2.29. The lowest BCUT2D eigenvalue weighted by molar-refractivity contribution is -0.139. The molecule has 0 saturated carbocycles. The van der Waals surface area contributed by atoms with E-state index in [-0.39, 0.29) is 37.6 Å². The fourth-order valence-corrected chi connectivity index (χ4v) is 2.29. The lowest BCUT2D eigenvalue weighted by Crippen LogP contribution is -2.50. The van der Waals surface area contributed by atoms with E-state index in [1.807, 2.05) is 19.1 Å². The minimum atomic E-state index is -1.03. The van der Waals surface area contributed by atoms with E-state index in [1.54, 1.807) is 19.1 Å². The second-order valence-electron chi connectivity index (χ2n) is 5.90. The second-order valence-corrected chi connectivity index (χ2v) is 5.90. The number of benzene rings is 1. The molecule has 0 aliphatic rings. The summed E-state index contributed by atoms with van der Waals surface area (Å²) in [5.41, 5.74) is 0.627. The van der Waals surface area contributed by atoms with Crippen LogP contribution >= 0.6 is 0 Å². The lowest BCUT2D eigenvalue weighted by Gasteiger charge is -2.28. The fraction of sp³-hybridized carbons (Fsp3) is 0.471. The first-order valence-corrected chi connectivity index (χ1v) is 7.37. The van der Waals surface area contributed by atoms with Crippen molar-refractivity contribution in [3.63, 3.8) is 0 Å². The molecular weight excluding hydrogens is 298 g/mol. The van der Waals surface area contributed by atoms with Crippen LogP contribution in [0, 0.1) is 6.92 Å². The Kier molecular flexibility index (Phi) is 6.90. The molecule has 0 aliphatic carbocycles. The SMILES string of the molecule is COCC(C)(CC(=O)O)NC(=O)CCC(=O)c1ccc(C)cc1. The van der Waals surface area contributed by atoms with Crippen LogP contribution in [-0.4, -0.2) is 42.0 Å². The van der Waals surface area contributed by atoms with E-state index in [2.05, 4.69) is 5.32 Å². The highest BCUT2D eigenvalue weighted by Crippen LogP contribution is 2.12. The predicted octanol–water partition coefficient (Wildman–Crippen LogP) is 1.95. The maximum Gasteiger partial charge on any atom is 0.305 e. The maximum atomic E-state index is 12.0. The highest BCUT2D eigenvalue weighted by Gasteiger charge is 2.29. The van der Waals surface area contributed by atoms with Crippen LogP contribution in [0.1, 0.15) is 42.1 Å². The maximum absolute atomic E-state index is 12.0. The molecule has 0 bridgehead atoms. The van der Waals surface area contributed by atoms with Gasteiger partial charge in [-0.2, -0.15) is 0 Å². The number of Topliss-reactive ketones (excluding diaryl/α,β-unsaturated/α-hetero) is 1. The Bertz CT molecular complexity index is 567. The number of ketones is 1. The van der Waals surface area contributed by atoms with E-state index < -0.39 is 11.5 Å². The zero-order valence-electron chi connectivity index (χ0n) is 13.7. The zero-order chi connectivity index (χ0) is 17.5. The number of carboxylic acids is 1. The molecule has 1 aromatic rings. The van der Waals surface area contributed by atoms with Crippen molar-refractivity contribution in [2.45, 2.75) is 38.6 Å². The summed E-state index contributed by atoms with van der Waals surface area (Å²) in [5.74, 6) is -1.52. The molecule has 1 unspecified atom stereocenters. The average molecular weight is 321 g/mol. The number of methoxy groups -OCH3 is 1. The smallest absolute Gasteiger partial charge is 0.305 e. The first kappa shape index (κ1) is 18.8. The van der Waals surface area contributed by atoms with Gasteiger partial charge >= 0.3 is 5.97 Å². The zero-order valence-corrected chi connectivity index (χ0v) is 13.7. The van der Waals surface area contributed by atoms with Gasteiger partial charge in [0.1, 0.15) is 0 Å². The summed E-state index contributed by atoms with van der Waals surface area (Å²) in [6.45, 7) is 3.61. The normalized spacial score (nSPS) is 13.2. The second kappa shape index (κ2) is 8.43. The molecule has 126 valence electrons. The topological polar surface area (TPSA) is 92.7 Å². The van der Waals surface area contributed by atoms with Gasteiger partial charge < -0.3 is 15.2 Å². The van der Waals surface area contributed by atoms with Crippen LogP contribution in [-0.2, 0) is 14.3 Å². The highest BCUT2D eigenvalue weighted by molar-refractivity contribution is 5.98. The first-order chi connectivity index (χ1) is 10.8. The van der Waals surface area contributed by atoms with Gasteiger partial charge in [-0.1, -0.05) is 29.8 Å². The summed E-state index contributed by atoms with van der Waals surface area (Å²) in [4.78, 5) is 34.9. The number of carboxylic acid groups (broad SMARTS) is 1. The van der Waals surface area contributed by atoms with Crippen LogP contribution in [0.2, 0.25) is 0 Å². The van der Waals surface area contributed by atoms with Gasteiger partial charge in [-0.15, -0.1) is 0 Å². The third-order valence-corrected chi connectivity index (χ3v) is 3.40. The molecule has 2 N–H and O–H groups in total. The van der Waals surface area contributed by atoms with Crippen molar-refractivity contribution in [3.05, 3.63) is 35.4 Å². The molecule has 23 heavy (non-hydrogen) atoms. The summed E-state index contributed by atoms with van der Waals surface area (Å²) in [5, 5.41) is 11.6. The Labute approximate surface area is 135 Å². The van der Waals surface area contributed by atoms with E-state index in [4.69, 9.17) is 9.84 Å². The Morgan fingerprint density at radius 2 is 1.78 bits per heavy atom. The molecule has 1 amide bonds. The summed E-state index contributed by atoms with van der Waals surface area (Å²) in [6, 6.07) is 7.15. The van der Waals surface area contributed by atoms with Gasteiger partial charge in [0.05, 0.1) is 18.6 Å². The van der Waals surface area contributed by atoms with Crippen LogP contribution in [0.25, 0.3) is 0 Å². The van der Waals surface area contributed by atoms with Crippen molar-refractivity contribution >= 4 is 17.7 Å². The molecule has 0 radical (unpaired) electrons. The van der Waals surface area contributed by atoms with Gasteiger partial charge in [-0.25, -0.2) is 0 Å². The number of hydrogen-bond donors (Lipinski definition) is 2. The molecule has 1 atom stereocenters. The van der Waals surface area contributed by atoms with Gasteiger partial charge in [0.25, 0.3) is 0 Å². The number of nitrogens with one attached hydrogen (secondary N) is 1. The number of rotatable bonds is 9. The summed E-state index contributed by atoms with van der Waals surface area (Å²) in [7, 11) is 1.44. The molecule has 0 fully saturated rings. The van der Waals surface area contributed by atoms with Gasteiger partial charge in [0, 0.05) is 25.5 Å². The van der Waals surface area contributed by atoms with E-state index in [0.29, 0.717) is 5.56 Å². The van der Waals surface area contributed by atoms with Crippen LogP contribution in [0.5, 0.6) is 0 Å². The molecule has 0 aliphatic heterocycles. The average Bonchev–Trinajstić information content (AvgIpc) is 2.44. The predicted molar refractivity (Wildman–Crippen MR) is 85.4 cm³/mol. The standard InChI is InChI=1S/C17H23NO5/c1-12-4-6-13(7-5-12)14(19)8-9-15(20)18-17(2,11-23-3)10-16(21)22/h4-7H,8-11H2,1-3H3,(H,18,20)(H,21,22). The van der Waals surface area contributed by atoms with Crippen molar-refractivity contribution in [1.29, 1.82) is 0 Å². The monoisotopic (exact) mass is 321 g/mol. The molecule has 0 spiro atoms. The minimum Gasteiger partial charge on any atom is -0.481 e. The van der Waals surface area contributed by atoms with Crippen LogP contribution < -0.4 is 5.32 Å². The van der Waals surface area contributed by atoms with E-state index >= 15 is 0 Å². The van der Waals surface area contributed by atoms with Crippen molar-refractivity contribution in [3.8, 4) is 0 Å². The summed E-state index contributed by atoms with van der Waals surface area (Å²) < 4.78 is 4.97. The van der Waals surface area contributed by atoms with Crippen LogP contribution in [0.4, 0.5) is 0 Å². The minimum absolute atomic E-state index is 0.00559. The quantitative estimate of drug-likeness (QED) is 0.678. The van der Waals surface area contributed by atoms with E-state index in [1.165, 1.54) is 7.11 Å². The number of ether oxygens (including phenoxy) is 1. The Morgan fingerprint density at radius 3 is 2.30 bits per heavy atom. The van der Waals surface area contributed by atoms with Crippen molar-refractivity contribution in [2.24, 2.45) is 0 Å². The lowest BCUT2D eigenvalue weighted by atomic mass is 9.98. The number of carbonyl (C=O) groups is 3. The molecule has 6 heteroatoms. The third kappa shape index (κ3) is 6.61. The van der Waals surface area contributed by atoms with Crippen molar-refractivity contribution in [1.82, 2.24) is 5.32 Å². The summed E-state index contributed by atoms with van der Waals surface area (Å²) in [6.07, 6.45) is -0.171. The first-order valence-electron chi connectivity index (χ1n) is 7.37. The van der Waals surface area contributed by atoms with Crippen LogP contribution in [0.15, 0.2) is 24.3 Å². The molecule has 1 rings (SSSR count). The third-order valence-electron chi connectivity index (χ3n) is 3.40. The molecular formula is C17H23NO5. The molecule has 0 heterocycles. The van der Waals surface area contributed by atoms with E-state index in [9.17, 15) is 14.4 Å². The summed E-state index contributed by atoms with van der Waals surface area (Å²) >= 11 is 0. The van der Waals surface area contributed by atoms with Gasteiger partial charge in [0.15, 0.2) is 5.78 Å². The number of aryl methyl sites for hydroxylation is 1. The van der Waals surface area contributed by atoms with Gasteiger partial charge in [-0.3, -0.25) is 14.4 Å². The molecule has 0 saturated heterocycles. The van der Waals surface area contributed by atoms with Crippen LogP contribution in [0.3, 0.4) is 0 Å². The highest BCUT2D eigenvalue weighted by atomic mass is 16.5. The number of hydrogen-bond acceptors (Lipinski definition) is 4.